The Morgan fingerprint density at radius 3 is 2.71 bits per heavy atom. The minimum atomic E-state index is 0.612. The summed E-state index contributed by atoms with van der Waals surface area (Å²) >= 11 is 0. The molecule has 5 rings (SSSR count). The van der Waals surface area contributed by atoms with Crippen LogP contribution < -0.4 is 19.3 Å². The zero-order valence-electron chi connectivity index (χ0n) is 16.8. The van der Waals surface area contributed by atoms with E-state index in [1.165, 1.54) is 17.8 Å². The van der Waals surface area contributed by atoms with Crippen LogP contribution in [0.3, 0.4) is 0 Å². The number of piperidine rings is 1. The van der Waals surface area contributed by atoms with Gasteiger partial charge in [-0.25, -0.2) is 0 Å². The molecule has 5 nitrogen and oxygen atoms in total. The molecule has 28 heavy (non-hydrogen) atoms. The molecule has 0 N–H and O–H groups in total. The third-order valence-electron chi connectivity index (χ3n) is 6.62. The number of likely N-dealkylation sites (N-methyl/N-ethyl adjacent to an activating group) is 1. The Hall–Kier alpha value is -2.40. The standard InChI is InChI=1S/C23H29N3O2/c1-24-12-13-26-19-10-11-25(14-15-28-22-9-4-3-8-21(22)27-2)16-18(19)17-6-5-7-20(24)23(17)26/h3-9,18-19H,10-16H2,1-2H3/t18-,19-/m0/s1. The molecule has 2 aromatic rings. The summed E-state index contributed by atoms with van der Waals surface area (Å²) < 4.78 is 11.4. The van der Waals surface area contributed by atoms with Crippen molar-refractivity contribution in [2.75, 3.05) is 63.3 Å². The summed E-state index contributed by atoms with van der Waals surface area (Å²) in [6, 6.07) is 15.4. The van der Waals surface area contributed by atoms with Gasteiger partial charge in [0.1, 0.15) is 6.61 Å². The van der Waals surface area contributed by atoms with Crippen molar-refractivity contribution in [1.82, 2.24) is 4.90 Å². The van der Waals surface area contributed by atoms with Crippen molar-refractivity contribution in [3.63, 3.8) is 0 Å². The molecule has 3 aliphatic rings. The molecule has 2 atom stereocenters. The second-order valence-corrected chi connectivity index (χ2v) is 8.09. The molecule has 5 heteroatoms. The first-order chi connectivity index (χ1) is 13.8. The van der Waals surface area contributed by atoms with Gasteiger partial charge in [0.2, 0.25) is 0 Å². The summed E-state index contributed by atoms with van der Waals surface area (Å²) in [6.45, 7) is 6.19. The second-order valence-electron chi connectivity index (χ2n) is 8.09. The molecule has 3 heterocycles. The predicted octanol–water partition coefficient (Wildman–Crippen LogP) is 3.20. The average molecular weight is 380 g/mol. The van der Waals surface area contributed by atoms with Crippen LogP contribution in [0.1, 0.15) is 17.9 Å². The molecule has 148 valence electrons. The largest absolute Gasteiger partial charge is 0.493 e. The molecule has 0 bridgehead atoms. The molecule has 0 aromatic heterocycles. The number of likely N-dealkylation sites (tertiary alicyclic amines) is 1. The highest BCUT2D eigenvalue weighted by Gasteiger charge is 2.44. The van der Waals surface area contributed by atoms with Crippen molar-refractivity contribution in [2.45, 2.75) is 18.4 Å². The number of para-hydroxylation sites is 3. The fourth-order valence-corrected chi connectivity index (χ4v) is 5.20. The lowest BCUT2D eigenvalue weighted by Crippen LogP contribution is -2.49. The van der Waals surface area contributed by atoms with Crippen molar-refractivity contribution < 1.29 is 9.47 Å². The van der Waals surface area contributed by atoms with Crippen LogP contribution in [0.15, 0.2) is 42.5 Å². The molecular formula is C23H29N3O2. The minimum absolute atomic E-state index is 0.612. The van der Waals surface area contributed by atoms with Gasteiger partial charge in [-0.15, -0.1) is 0 Å². The topological polar surface area (TPSA) is 28.2 Å². The normalized spacial score (nSPS) is 23.4. The minimum Gasteiger partial charge on any atom is -0.493 e. The van der Waals surface area contributed by atoms with Crippen LogP contribution in [0.5, 0.6) is 11.5 Å². The van der Waals surface area contributed by atoms with E-state index in [-0.39, 0.29) is 0 Å². The zero-order valence-corrected chi connectivity index (χ0v) is 16.8. The van der Waals surface area contributed by atoms with Crippen molar-refractivity contribution in [2.24, 2.45) is 0 Å². The van der Waals surface area contributed by atoms with Crippen molar-refractivity contribution in [1.29, 1.82) is 0 Å². The molecule has 3 aliphatic heterocycles. The number of hydrogen-bond acceptors (Lipinski definition) is 5. The van der Waals surface area contributed by atoms with Gasteiger partial charge in [-0.05, 0) is 30.2 Å². The maximum absolute atomic E-state index is 6.01. The van der Waals surface area contributed by atoms with E-state index in [2.05, 4.69) is 39.9 Å². The summed E-state index contributed by atoms with van der Waals surface area (Å²) in [7, 11) is 3.91. The predicted molar refractivity (Wildman–Crippen MR) is 113 cm³/mol. The van der Waals surface area contributed by atoms with Crippen LogP contribution in [0.2, 0.25) is 0 Å². The Morgan fingerprint density at radius 1 is 1.00 bits per heavy atom. The van der Waals surface area contributed by atoms with Gasteiger partial charge in [0.15, 0.2) is 11.5 Å². The number of hydrogen-bond donors (Lipinski definition) is 0. The van der Waals surface area contributed by atoms with E-state index >= 15 is 0 Å². The van der Waals surface area contributed by atoms with Crippen LogP contribution >= 0.6 is 0 Å². The molecule has 0 unspecified atom stereocenters. The number of nitrogens with zero attached hydrogens (tertiary/aromatic N) is 3. The van der Waals surface area contributed by atoms with Gasteiger partial charge in [0.05, 0.1) is 18.5 Å². The number of rotatable bonds is 5. The Balaban J connectivity index is 1.26. The number of ether oxygens (including phenoxy) is 2. The maximum Gasteiger partial charge on any atom is 0.161 e. The van der Waals surface area contributed by atoms with Crippen molar-refractivity contribution >= 4 is 11.4 Å². The lowest BCUT2D eigenvalue weighted by Gasteiger charge is -2.41. The van der Waals surface area contributed by atoms with Gasteiger partial charge in [0, 0.05) is 51.7 Å². The molecule has 2 aromatic carbocycles. The first kappa shape index (κ1) is 17.7. The quantitative estimate of drug-likeness (QED) is 0.796. The van der Waals surface area contributed by atoms with E-state index in [0.29, 0.717) is 18.6 Å². The van der Waals surface area contributed by atoms with E-state index in [1.54, 1.807) is 12.7 Å². The van der Waals surface area contributed by atoms with Gasteiger partial charge in [-0.1, -0.05) is 24.3 Å². The van der Waals surface area contributed by atoms with Crippen LogP contribution in [0.25, 0.3) is 0 Å². The molecule has 0 spiro atoms. The Bertz CT molecular complexity index is 855. The van der Waals surface area contributed by atoms with Crippen molar-refractivity contribution in [3.8, 4) is 11.5 Å². The lowest BCUT2D eigenvalue weighted by atomic mass is 9.89. The molecule has 1 fully saturated rings. The first-order valence-electron chi connectivity index (χ1n) is 10.3. The van der Waals surface area contributed by atoms with Crippen LogP contribution in [-0.4, -0.2) is 64.4 Å². The smallest absolute Gasteiger partial charge is 0.161 e. The molecule has 0 radical (unpaired) electrons. The Morgan fingerprint density at radius 2 is 1.86 bits per heavy atom. The van der Waals surface area contributed by atoms with Crippen LogP contribution in [0, 0.1) is 0 Å². The number of benzene rings is 2. The second kappa shape index (κ2) is 7.21. The number of anilines is 2. The number of fused-ring (bicyclic) bond motifs is 3. The monoisotopic (exact) mass is 379 g/mol. The van der Waals surface area contributed by atoms with E-state index in [9.17, 15) is 0 Å². The van der Waals surface area contributed by atoms with E-state index in [0.717, 1.165) is 44.2 Å². The third-order valence-corrected chi connectivity index (χ3v) is 6.62. The lowest BCUT2D eigenvalue weighted by molar-refractivity contribution is 0.159. The Labute approximate surface area is 167 Å². The maximum atomic E-state index is 6.01. The SMILES string of the molecule is COc1ccccc1OCCN1CC[C@H]2[C@@H](C1)c1cccc3c1N2CCN3C. The summed E-state index contributed by atoms with van der Waals surface area (Å²) in [5.41, 5.74) is 4.45. The molecule has 0 amide bonds. The first-order valence-corrected chi connectivity index (χ1v) is 10.3. The molecular weight excluding hydrogens is 350 g/mol. The fraction of sp³-hybridized carbons (Fsp3) is 0.478. The van der Waals surface area contributed by atoms with Gasteiger partial charge >= 0.3 is 0 Å². The van der Waals surface area contributed by atoms with E-state index in [4.69, 9.17) is 9.47 Å². The molecule has 1 saturated heterocycles. The highest BCUT2D eigenvalue weighted by Crippen LogP contribution is 2.50. The van der Waals surface area contributed by atoms with E-state index < -0.39 is 0 Å². The third kappa shape index (κ3) is 2.89. The number of methoxy groups -OCH3 is 1. The highest BCUT2D eigenvalue weighted by molar-refractivity contribution is 5.80. The highest BCUT2D eigenvalue weighted by atomic mass is 16.5. The summed E-state index contributed by atoms with van der Waals surface area (Å²) in [6.07, 6.45) is 1.23. The van der Waals surface area contributed by atoms with Gasteiger partial charge in [0.25, 0.3) is 0 Å². The zero-order chi connectivity index (χ0) is 19.1. The fourth-order valence-electron chi connectivity index (χ4n) is 5.20. The summed E-state index contributed by atoms with van der Waals surface area (Å²) in [4.78, 5) is 7.67. The molecule has 0 aliphatic carbocycles. The van der Waals surface area contributed by atoms with Crippen molar-refractivity contribution in [3.05, 3.63) is 48.0 Å². The van der Waals surface area contributed by atoms with Crippen LogP contribution in [-0.2, 0) is 0 Å². The Kier molecular flexibility index (Phi) is 4.55. The summed E-state index contributed by atoms with van der Waals surface area (Å²) in [5.74, 6) is 2.24. The van der Waals surface area contributed by atoms with Gasteiger partial charge in [-0.3, -0.25) is 4.90 Å². The average Bonchev–Trinajstić information content (AvgIpc) is 3.05. The molecule has 0 saturated carbocycles. The van der Waals surface area contributed by atoms with Gasteiger partial charge in [-0.2, -0.15) is 0 Å². The van der Waals surface area contributed by atoms with Crippen LogP contribution in [0.4, 0.5) is 11.4 Å². The summed E-state index contributed by atoms with van der Waals surface area (Å²) in [5, 5.41) is 0. The van der Waals surface area contributed by atoms with Gasteiger partial charge < -0.3 is 19.3 Å². The van der Waals surface area contributed by atoms with E-state index in [1.807, 2.05) is 24.3 Å².